The van der Waals surface area contributed by atoms with Gasteiger partial charge in [-0.3, -0.25) is 0 Å². The van der Waals surface area contributed by atoms with E-state index >= 15 is 0 Å². The van der Waals surface area contributed by atoms with Crippen molar-refractivity contribution in [2.24, 2.45) is 0 Å². The molecule has 0 saturated heterocycles. The molecule has 9 heteroatoms. The molecular weight excluding hydrogens is 536 g/mol. The first-order valence-corrected chi connectivity index (χ1v) is 11.6. The van der Waals surface area contributed by atoms with E-state index in [0.29, 0.717) is 0 Å². The topological polar surface area (TPSA) is 64.9 Å². The number of nitrogens with zero attached hydrogens (tertiary/aromatic N) is 4. The van der Waals surface area contributed by atoms with E-state index in [1.54, 1.807) is 25.2 Å². The molecule has 0 aliphatic carbocycles. The number of aryl methyl sites for hydroxylation is 1. The van der Waals surface area contributed by atoms with Gasteiger partial charge in [0.15, 0.2) is 0 Å². The first-order chi connectivity index (χ1) is 13.1. The second kappa shape index (κ2) is 10.1. The van der Waals surface area contributed by atoms with E-state index in [-0.39, 0.29) is 0 Å². The van der Waals surface area contributed by atoms with Gasteiger partial charge >= 0.3 is 187 Å². The molecule has 27 heavy (non-hydrogen) atoms. The number of aromatic nitrogens is 4. The van der Waals surface area contributed by atoms with Gasteiger partial charge in [0.25, 0.3) is 0 Å². The van der Waals surface area contributed by atoms with Crippen LogP contribution in [0.2, 0.25) is 0 Å². The van der Waals surface area contributed by atoms with Gasteiger partial charge in [0.2, 0.25) is 0 Å². The van der Waals surface area contributed by atoms with Crippen LogP contribution in [0.4, 0.5) is 0 Å². The van der Waals surface area contributed by atoms with Crippen molar-refractivity contribution in [3.8, 4) is 5.75 Å². The molecule has 3 rings (SSSR count). The SMILES string of the molecule is CCCNCCCn1c(Sc2cc(OC)ccc2I)nc2c([As])ncnc21. The first kappa shape index (κ1) is 20.9. The maximum atomic E-state index is 5.38. The normalized spacial score (nSPS) is 11.3. The van der Waals surface area contributed by atoms with Crippen LogP contribution >= 0.6 is 34.4 Å². The standard InChI is InChI=1S/C18H21AsIN5OS/c1-3-7-21-8-4-9-25-17-15(16(19)22-11-23-17)24-18(25)27-14-10-12(26-2)5-6-13(14)20/h5-6,10-11,21H,3-4,7-9H2,1-2H3. The molecule has 0 aliphatic rings. The fraction of sp³-hybridized carbons (Fsp3) is 0.389. The summed E-state index contributed by atoms with van der Waals surface area (Å²) in [7, 11) is 1.69. The molecule has 2 aromatic heterocycles. The number of rotatable bonds is 9. The zero-order chi connectivity index (χ0) is 19.2. The number of hydrogen-bond donors (Lipinski definition) is 1. The zero-order valence-electron chi connectivity index (χ0n) is 15.3. The molecule has 1 aromatic carbocycles. The number of nitrogens with one attached hydrogen (secondary N) is 1. The molecule has 2 heterocycles. The van der Waals surface area contributed by atoms with Crippen LogP contribution in [0.5, 0.6) is 5.75 Å². The molecular formula is C18H21AsIN5OS. The number of imidazole rings is 1. The van der Waals surface area contributed by atoms with Gasteiger partial charge in [-0.15, -0.1) is 0 Å². The summed E-state index contributed by atoms with van der Waals surface area (Å²) >= 11 is 6.48. The summed E-state index contributed by atoms with van der Waals surface area (Å²) in [6.45, 7) is 5.07. The average Bonchev–Trinajstić information content (AvgIpc) is 3.02. The van der Waals surface area contributed by atoms with E-state index < -0.39 is 0 Å². The quantitative estimate of drug-likeness (QED) is 0.248. The number of fused-ring (bicyclic) bond motifs is 1. The van der Waals surface area contributed by atoms with Crippen molar-refractivity contribution in [1.82, 2.24) is 24.8 Å². The Kier molecular flexibility index (Phi) is 7.81. The first-order valence-electron chi connectivity index (χ1n) is 8.76. The van der Waals surface area contributed by atoms with Crippen LogP contribution in [0.25, 0.3) is 11.2 Å². The predicted octanol–water partition coefficient (Wildman–Crippen LogP) is 2.77. The Morgan fingerprint density at radius 1 is 1.30 bits per heavy atom. The molecule has 1 N–H and O–H groups in total. The third-order valence-corrected chi connectivity index (χ3v) is 7.02. The van der Waals surface area contributed by atoms with Crippen LogP contribution in [0, 0.1) is 3.57 Å². The van der Waals surface area contributed by atoms with Crippen molar-refractivity contribution < 1.29 is 4.74 Å². The molecule has 0 spiro atoms. The van der Waals surface area contributed by atoms with E-state index in [1.807, 2.05) is 12.1 Å². The van der Waals surface area contributed by atoms with Crippen molar-refractivity contribution in [2.45, 2.75) is 36.4 Å². The number of methoxy groups -OCH3 is 1. The van der Waals surface area contributed by atoms with E-state index in [2.05, 4.69) is 72.3 Å². The molecule has 0 aliphatic heterocycles. The van der Waals surface area contributed by atoms with Gasteiger partial charge in [0.1, 0.15) is 0 Å². The van der Waals surface area contributed by atoms with Crippen LogP contribution in [-0.4, -0.2) is 56.6 Å². The summed E-state index contributed by atoms with van der Waals surface area (Å²) in [5, 5.41) is 4.39. The Bertz CT molecular complexity index is 920. The molecule has 0 saturated carbocycles. The molecule has 0 amide bonds. The summed E-state index contributed by atoms with van der Waals surface area (Å²) in [6, 6.07) is 6.08. The van der Waals surface area contributed by atoms with E-state index in [4.69, 9.17) is 9.72 Å². The predicted molar refractivity (Wildman–Crippen MR) is 118 cm³/mol. The summed E-state index contributed by atoms with van der Waals surface area (Å²) in [4.78, 5) is 14.7. The number of ether oxygens (including phenoxy) is 1. The minimum atomic E-state index is 0.844. The van der Waals surface area contributed by atoms with Crippen molar-refractivity contribution in [3.05, 3.63) is 28.1 Å². The van der Waals surface area contributed by atoms with Crippen LogP contribution < -0.4 is 14.5 Å². The van der Waals surface area contributed by atoms with E-state index in [0.717, 1.165) is 63.9 Å². The third kappa shape index (κ3) is 5.16. The molecule has 6 nitrogen and oxygen atoms in total. The van der Waals surface area contributed by atoms with Gasteiger partial charge in [0.05, 0.1) is 0 Å². The Morgan fingerprint density at radius 3 is 2.93 bits per heavy atom. The Morgan fingerprint density at radius 2 is 2.15 bits per heavy atom. The molecule has 3 aromatic rings. The molecule has 0 bridgehead atoms. The van der Waals surface area contributed by atoms with Crippen molar-refractivity contribution in [1.29, 1.82) is 0 Å². The van der Waals surface area contributed by atoms with Crippen molar-refractivity contribution in [2.75, 3.05) is 20.2 Å². The molecule has 2 radical (unpaired) electrons. The summed E-state index contributed by atoms with van der Waals surface area (Å²) < 4.78 is 9.59. The van der Waals surface area contributed by atoms with Crippen LogP contribution in [-0.2, 0) is 6.54 Å². The fourth-order valence-electron chi connectivity index (χ4n) is 2.64. The average molecular weight is 557 g/mol. The third-order valence-electron chi connectivity index (χ3n) is 3.98. The van der Waals surface area contributed by atoms with Crippen molar-refractivity contribution in [3.63, 3.8) is 0 Å². The Balaban J connectivity index is 1.91. The van der Waals surface area contributed by atoms with Gasteiger partial charge in [0, 0.05) is 0 Å². The van der Waals surface area contributed by atoms with Gasteiger partial charge in [-0.2, -0.15) is 0 Å². The van der Waals surface area contributed by atoms with Gasteiger partial charge in [-0.1, -0.05) is 0 Å². The van der Waals surface area contributed by atoms with E-state index in [9.17, 15) is 0 Å². The van der Waals surface area contributed by atoms with Gasteiger partial charge in [-0.25, -0.2) is 0 Å². The minimum absolute atomic E-state index is 0.844. The van der Waals surface area contributed by atoms with Crippen LogP contribution in [0.3, 0.4) is 0 Å². The number of hydrogen-bond acceptors (Lipinski definition) is 6. The van der Waals surface area contributed by atoms with Crippen LogP contribution in [0.1, 0.15) is 19.8 Å². The Hall–Kier alpha value is -0.832. The number of halogens is 1. The van der Waals surface area contributed by atoms with E-state index in [1.165, 1.54) is 3.57 Å². The number of benzene rings is 1. The summed E-state index contributed by atoms with van der Waals surface area (Å²) in [6.07, 6.45) is 3.77. The second-order valence-corrected chi connectivity index (χ2v) is 8.98. The van der Waals surface area contributed by atoms with Crippen LogP contribution in [0.15, 0.2) is 34.6 Å². The van der Waals surface area contributed by atoms with Crippen molar-refractivity contribution >= 4 is 66.9 Å². The zero-order valence-corrected chi connectivity index (χ0v) is 20.1. The molecule has 0 fully saturated rings. The second-order valence-electron chi connectivity index (χ2n) is 5.92. The molecule has 142 valence electrons. The fourth-order valence-corrected chi connectivity index (χ4v) is 4.69. The maximum absolute atomic E-state index is 5.38. The monoisotopic (exact) mass is 557 g/mol. The molecule has 0 unspecified atom stereocenters. The summed E-state index contributed by atoms with van der Waals surface area (Å²) in [5.41, 5.74) is 1.73. The van der Waals surface area contributed by atoms with Gasteiger partial charge < -0.3 is 0 Å². The molecule has 0 atom stereocenters. The summed E-state index contributed by atoms with van der Waals surface area (Å²) in [5.74, 6) is 0.844. The van der Waals surface area contributed by atoms with Gasteiger partial charge in [-0.05, 0) is 0 Å². The Labute approximate surface area is 185 Å².